The second-order valence-electron chi connectivity index (χ2n) is 3.97. The van der Waals surface area contributed by atoms with Gasteiger partial charge in [-0.25, -0.2) is 13.4 Å². The maximum Gasteiger partial charge on any atom is 0.236 e. The Hall–Kier alpha value is -1.08. The van der Waals surface area contributed by atoms with E-state index in [0.29, 0.717) is 0 Å². The number of aromatic amines is 1. The van der Waals surface area contributed by atoms with E-state index in [4.69, 9.17) is 0 Å². The lowest BCUT2D eigenvalue weighted by atomic mass is 10.1. The number of nitrogens with zero attached hydrogens (tertiary/aromatic N) is 1. The van der Waals surface area contributed by atoms with Crippen molar-refractivity contribution in [3.8, 4) is 0 Å². The van der Waals surface area contributed by atoms with Crippen LogP contribution >= 0.6 is 0 Å². The van der Waals surface area contributed by atoms with Crippen LogP contribution in [-0.4, -0.2) is 36.7 Å². The molecule has 2 heterocycles. The molecule has 1 fully saturated rings. The van der Waals surface area contributed by atoms with Crippen LogP contribution in [0.2, 0.25) is 0 Å². The molecule has 0 radical (unpaired) electrons. The van der Waals surface area contributed by atoms with Crippen LogP contribution in [0.25, 0.3) is 0 Å². The van der Waals surface area contributed by atoms with Gasteiger partial charge >= 0.3 is 0 Å². The number of anilines is 1. The maximum absolute atomic E-state index is 11.8. The third-order valence-corrected chi connectivity index (χ3v) is 3.93. The fourth-order valence-electron chi connectivity index (χ4n) is 1.84. The highest BCUT2D eigenvalue weighted by Gasteiger charge is 2.21. The summed E-state index contributed by atoms with van der Waals surface area (Å²) in [5, 5.41) is 3.21. The lowest BCUT2D eigenvalue weighted by molar-refractivity contribution is 0.424. The van der Waals surface area contributed by atoms with Crippen molar-refractivity contribution >= 4 is 16.0 Å². The molecule has 90 valence electrons. The standard InChI is InChI=1S/C9H16N4O2S/c14-16(15,13-9-11-5-6-12-9)7-8-3-1-2-4-10-8/h5-6,8,10H,1-4,7H2,(H2,11,12,13). The first-order valence-corrected chi connectivity index (χ1v) is 7.04. The molecule has 0 aromatic carbocycles. The SMILES string of the molecule is O=S(=O)(CC1CCCCN1)Nc1ncc[nH]1. The summed E-state index contributed by atoms with van der Waals surface area (Å²) in [6.45, 7) is 0.904. The quantitative estimate of drug-likeness (QED) is 0.710. The van der Waals surface area contributed by atoms with E-state index >= 15 is 0 Å². The Morgan fingerprint density at radius 3 is 3.00 bits per heavy atom. The first-order valence-electron chi connectivity index (χ1n) is 5.39. The van der Waals surface area contributed by atoms with E-state index in [0.717, 1.165) is 25.8 Å². The van der Waals surface area contributed by atoms with Crippen LogP contribution in [0.5, 0.6) is 0 Å². The summed E-state index contributed by atoms with van der Waals surface area (Å²) in [5.74, 6) is 0.379. The summed E-state index contributed by atoms with van der Waals surface area (Å²) in [5.41, 5.74) is 0. The summed E-state index contributed by atoms with van der Waals surface area (Å²) in [4.78, 5) is 6.54. The van der Waals surface area contributed by atoms with Crippen molar-refractivity contribution in [1.29, 1.82) is 0 Å². The van der Waals surface area contributed by atoms with Gasteiger partial charge < -0.3 is 10.3 Å². The summed E-state index contributed by atoms with van der Waals surface area (Å²) < 4.78 is 25.9. The van der Waals surface area contributed by atoms with Crippen LogP contribution in [-0.2, 0) is 10.0 Å². The molecule has 0 saturated carbocycles. The van der Waals surface area contributed by atoms with Crippen LogP contribution < -0.4 is 10.0 Å². The van der Waals surface area contributed by atoms with Crippen molar-refractivity contribution in [3.63, 3.8) is 0 Å². The van der Waals surface area contributed by atoms with Gasteiger partial charge in [-0.2, -0.15) is 0 Å². The van der Waals surface area contributed by atoms with Crippen molar-refractivity contribution in [2.24, 2.45) is 0 Å². The Bertz CT molecular complexity index is 409. The van der Waals surface area contributed by atoms with Crippen molar-refractivity contribution < 1.29 is 8.42 Å². The van der Waals surface area contributed by atoms with Crippen LogP contribution in [0, 0.1) is 0 Å². The third kappa shape index (κ3) is 3.21. The van der Waals surface area contributed by atoms with E-state index in [9.17, 15) is 8.42 Å². The number of aromatic nitrogens is 2. The molecule has 1 unspecified atom stereocenters. The van der Waals surface area contributed by atoms with Gasteiger partial charge in [-0.15, -0.1) is 0 Å². The Kier molecular flexibility index (Phi) is 3.45. The molecule has 0 bridgehead atoms. The second kappa shape index (κ2) is 4.84. The first-order chi connectivity index (χ1) is 7.66. The average Bonchev–Trinajstić information content (AvgIpc) is 2.70. The van der Waals surface area contributed by atoms with Gasteiger partial charge in [0, 0.05) is 18.4 Å². The Balaban J connectivity index is 1.92. The smallest absolute Gasteiger partial charge is 0.236 e. The number of piperidine rings is 1. The highest BCUT2D eigenvalue weighted by Crippen LogP contribution is 2.10. The molecule has 6 nitrogen and oxygen atoms in total. The highest BCUT2D eigenvalue weighted by atomic mass is 32.2. The zero-order valence-corrected chi connectivity index (χ0v) is 9.76. The van der Waals surface area contributed by atoms with E-state index in [2.05, 4.69) is 20.0 Å². The van der Waals surface area contributed by atoms with Crippen LogP contribution in [0.1, 0.15) is 19.3 Å². The second-order valence-corrected chi connectivity index (χ2v) is 5.74. The number of hydrogen-bond acceptors (Lipinski definition) is 4. The number of imidazole rings is 1. The molecule has 1 atom stereocenters. The molecular formula is C9H16N4O2S. The monoisotopic (exact) mass is 244 g/mol. The molecule has 1 aromatic rings. The first kappa shape index (κ1) is 11.4. The molecule has 1 aromatic heterocycles. The molecule has 16 heavy (non-hydrogen) atoms. The molecule has 1 saturated heterocycles. The van der Waals surface area contributed by atoms with Gasteiger partial charge in [0.1, 0.15) is 0 Å². The number of H-pyrrole nitrogens is 1. The molecule has 0 spiro atoms. The van der Waals surface area contributed by atoms with Crippen molar-refractivity contribution in [3.05, 3.63) is 12.4 Å². The topological polar surface area (TPSA) is 86.9 Å². The maximum atomic E-state index is 11.8. The Morgan fingerprint density at radius 2 is 2.38 bits per heavy atom. The van der Waals surface area contributed by atoms with Gasteiger partial charge in [0.25, 0.3) is 0 Å². The summed E-state index contributed by atoms with van der Waals surface area (Å²) in [6.07, 6.45) is 6.22. The Morgan fingerprint density at radius 1 is 1.50 bits per heavy atom. The molecule has 7 heteroatoms. The minimum Gasteiger partial charge on any atom is -0.330 e. The average molecular weight is 244 g/mol. The molecule has 1 aliphatic rings. The lowest BCUT2D eigenvalue weighted by Gasteiger charge is -2.23. The van der Waals surface area contributed by atoms with Crippen molar-refractivity contribution in [2.45, 2.75) is 25.3 Å². The minimum atomic E-state index is -3.31. The van der Waals surface area contributed by atoms with Crippen LogP contribution in [0.4, 0.5) is 5.95 Å². The van der Waals surface area contributed by atoms with E-state index in [1.165, 1.54) is 6.20 Å². The normalized spacial score (nSPS) is 21.9. The van der Waals surface area contributed by atoms with Gasteiger partial charge in [0.05, 0.1) is 5.75 Å². The molecule has 0 aliphatic carbocycles. The largest absolute Gasteiger partial charge is 0.330 e. The fourth-order valence-corrected chi connectivity index (χ4v) is 3.14. The van der Waals surface area contributed by atoms with Crippen molar-refractivity contribution in [2.75, 3.05) is 17.0 Å². The summed E-state index contributed by atoms with van der Waals surface area (Å²) >= 11 is 0. The number of sulfonamides is 1. The fraction of sp³-hybridized carbons (Fsp3) is 0.667. The van der Waals surface area contributed by atoms with E-state index in [1.54, 1.807) is 6.20 Å². The van der Waals surface area contributed by atoms with Gasteiger partial charge in [0.15, 0.2) is 0 Å². The molecule has 0 amide bonds. The zero-order valence-electron chi connectivity index (χ0n) is 8.94. The van der Waals surface area contributed by atoms with Gasteiger partial charge in [-0.05, 0) is 19.4 Å². The van der Waals surface area contributed by atoms with Crippen molar-refractivity contribution in [1.82, 2.24) is 15.3 Å². The lowest BCUT2D eigenvalue weighted by Crippen LogP contribution is -2.40. The van der Waals surface area contributed by atoms with Gasteiger partial charge in [-0.3, -0.25) is 4.72 Å². The van der Waals surface area contributed by atoms with Crippen LogP contribution in [0.3, 0.4) is 0 Å². The predicted octanol–water partition coefficient (Wildman–Crippen LogP) is 0.293. The third-order valence-electron chi connectivity index (χ3n) is 2.58. The van der Waals surface area contributed by atoms with Gasteiger partial charge in [-0.1, -0.05) is 6.42 Å². The number of hydrogen-bond donors (Lipinski definition) is 3. The van der Waals surface area contributed by atoms with Gasteiger partial charge in [0.2, 0.25) is 16.0 Å². The molecule has 3 N–H and O–H groups in total. The highest BCUT2D eigenvalue weighted by molar-refractivity contribution is 7.92. The van der Waals surface area contributed by atoms with Crippen LogP contribution in [0.15, 0.2) is 12.4 Å². The minimum absolute atomic E-state index is 0.0567. The summed E-state index contributed by atoms with van der Waals surface area (Å²) in [7, 11) is -3.31. The molecular weight excluding hydrogens is 228 g/mol. The molecule has 2 rings (SSSR count). The predicted molar refractivity (Wildman–Crippen MR) is 61.6 cm³/mol. The summed E-state index contributed by atoms with van der Waals surface area (Å²) in [6, 6.07) is 0.0567. The van der Waals surface area contributed by atoms with E-state index in [1.807, 2.05) is 0 Å². The Labute approximate surface area is 94.9 Å². The number of rotatable bonds is 4. The zero-order chi connectivity index (χ0) is 11.4. The number of nitrogens with one attached hydrogen (secondary N) is 3. The van der Waals surface area contributed by atoms with E-state index in [-0.39, 0.29) is 17.7 Å². The molecule has 1 aliphatic heterocycles. The van der Waals surface area contributed by atoms with E-state index < -0.39 is 10.0 Å².